The molecule has 0 rings (SSSR count). The van der Waals surface area contributed by atoms with Crippen LogP contribution in [0.5, 0.6) is 0 Å². The summed E-state index contributed by atoms with van der Waals surface area (Å²) in [6.45, 7) is 4.07. The highest BCUT2D eigenvalue weighted by Crippen LogP contribution is 1.94. The van der Waals surface area contributed by atoms with Crippen LogP contribution >= 0.6 is 0 Å². The molecule has 1 heteroatoms. The molecule has 0 unspecified atom stereocenters. The lowest BCUT2D eigenvalue weighted by atomic mass is 10.2. The monoisotopic (exact) mass is 140 g/mol. The predicted molar refractivity (Wildman–Crippen MR) is 43.6 cm³/mol. The van der Waals surface area contributed by atoms with Crippen LogP contribution in [-0.2, 0) is 0 Å². The number of rotatable bonds is 3. The minimum absolute atomic E-state index is 0.218. The van der Waals surface area contributed by atoms with E-state index >= 15 is 0 Å². The Morgan fingerprint density at radius 2 is 2.00 bits per heavy atom. The highest BCUT2D eigenvalue weighted by Gasteiger charge is 1.94. The van der Waals surface area contributed by atoms with Gasteiger partial charge in [-0.05, 0) is 12.8 Å². The van der Waals surface area contributed by atoms with Crippen molar-refractivity contribution in [2.75, 3.05) is 0 Å². The average molecular weight is 140 g/mol. The minimum atomic E-state index is -0.218. The van der Waals surface area contributed by atoms with E-state index in [-0.39, 0.29) is 6.10 Å². The maximum atomic E-state index is 9.05. The van der Waals surface area contributed by atoms with Gasteiger partial charge in [-0.1, -0.05) is 13.8 Å². The first-order chi connectivity index (χ1) is 4.81. The van der Waals surface area contributed by atoms with Gasteiger partial charge in [-0.2, -0.15) is 0 Å². The van der Waals surface area contributed by atoms with Gasteiger partial charge in [0.1, 0.15) is 0 Å². The quantitative estimate of drug-likeness (QED) is 0.594. The zero-order valence-electron chi connectivity index (χ0n) is 6.85. The molecule has 0 saturated heterocycles. The second-order valence-electron chi connectivity index (χ2n) is 2.37. The van der Waals surface area contributed by atoms with E-state index in [1.165, 1.54) is 0 Å². The third-order valence-electron chi connectivity index (χ3n) is 1.31. The second-order valence-corrected chi connectivity index (χ2v) is 2.37. The molecule has 0 bridgehead atoms. The SMILES string of the molecule is CCCC#CC[C@H](O)CC. The van der Waals surface area contributed by atoms with Crippen LogP contribution in [0.1, 0.15) is 39.5 Å². The Morgan fingerprint density at radius 3 is 2.50 bits per heavy atom. The standard InChI is InChI=1S/C9H16O/c1-3-5-6-7-8-9(10)4-2/h9-10H,3-5,8H2,1-2H3/t9-/m1/s1. The third kappa shape index (κ3) is 5.65. The number of hydrogen-bond donors (Lipinski definition) is 1. The lowest BCUT2D eigenvalue weighted by Crippen LogP contribution is -2.01. The molecule has 0 aliphatic carbocycles. The molecule has 0 aromatic carbocycles. The van der Waals surface area contributed by atoms with Gasteiger partial charge in [-0.25, -0.2) is 0 Å². The number of unbranched alkanes of at least 4 members (excludes halogenated alkanes) is 1. The molecule has 0 saturated carbocycles. The van der Waals surface area contributed by atoms with Gasteiger partial charge >= 0.3 is 0 Å². The molecular formula is C9H16O. The summed E-state index contributed by atoms with van der Waals surface area (Å²) in [5, 5.41) is 9.05. The van der Waals surface area contributed by atoms with E-state index in [2.05, 4.69) is 18.8 Å². The van der Waals surface area contributed by atoms with Gasteiger partial charge in [0.25, 0.3) is 0 Å². The minimum Gasteiger partial charge on any atom is -0.392 e. The van der Waals surface area contributed by atoms with Crippen LogP contribution in [0.15, 0.2) is 0 Å². The van der Waals surface area contributed by atoms with Crippen molar-refractivity contribution < 1.29 is 5.11 Å². The van der Waals surface area contributed by atoms with Gasteiger partial charge in [0.15, 0.2) is 0 Å². The van der Waals surface area contributed by atoms with Crippen molar-refractivity contribution >= 4 is 0 Å². The maximum Gasteiger partial charge on any atom is 0.0646 e. The molecule has 0 aliphatic rings. The van der Waals surface area contributed by atoms with E-state index in [4.69, 9.17) is 5.11 Å². The molecule has 1 nitrogen and oxygen atoms in total. The van der Waals surface area contributed by atoms with Crippen LogP contribution in [0.4, 0.5) is 0 Å². The summed E-state index contributed by atoms with van der Waals surface area (Å²) in [5.74, 6) is 5.93. The summed E-state index contributed by atoms with van der Waals surface area (Å²) in [5.41, 5.74) is 0. The highest BCUT2D eigenvalue weighted by atomic mass is 16.3. The topological polar surface area (TPSA) is 20.2 Å². The van der Waals surface area contributed by atoms with Crippen molar-refractivity contribution in [1.82, 2.24) is 0 Å². The summed E-state index contributed by atoms with van der Waals surface area (Å²) in [7, 11) is 0. The Balaban J connectivity index is 3.26. The molecule has 0 aromatic heterocycles. The summed E-state index contributed by atoms with van der Waals surface area (Å²) in [6.07, 6.45) is 3.28. The Kier molecular flexibility index (Phi) is 6.32. The first-order valence-electron chi connectivity index (χ1n) is 3.95. The highest BCUT2D eigenvalue weighted by molar-refractivity contribution is 4.99. The van der Waals surface area contributed by atoms with Crippen molar-refractivity contribution in [1.29, 1.82) is 0 Å². The molecule has 1 N–H and O–H groups in total. The zero-order valence-corrected chi connectivity index (χ0v) is 6.85. The fourth-order valence-corrected chi connectivity index (χ4v) is 0.548. The Bertz CT molecular complexity index is 118. The summed E-state index contributed by atoms with van der Waals surface area (Å²) in [6, 6.07) is 0. The van der Waals surface area contributed by atoms with Crippen LogP contribution in [-0.4, -0.2) is 11.2 Å². The van der Waals surface area contributed by atoms with Gasteiger partial charge in [0, 0.05) is 12.8 Å². The lowest BCUT2D eigenvalue weighted by Gasteiger charge is -1.98. The van der Waals surface area contributed by atoms with Crippen LogP contribution in [0.25, 0.3) is 0 Å². The largest absolute Gasteiger partial charge is 0.392 e. The van der Waals surface area contributed by atoms with Gasteiger partial charge in [-0.3, -0.25) is 0 Å². The molecule has 0 spiro atoms. The first kappa shape index (κ1) is 9.52. The van der Waals surface area contributed by atoms with E-state index < -0.39 is 0 Å². The van der Waals surface area contributed by atoms with Gasteiger partial charge in [0.2, 0.25) is 0 Å². The van der Waals surface area contributed by atoms with Crippen LogP contribution < -0.4 is 0 Å². The molecule has 0 heterocycles. The smallest absolute Gasteiger partial charge is 0.0646 e. The fraction of sp³-hybridized carbons (Fsp3) is 0.778. The van der Waals surface area contributed by atoms with Crippen molar-refractivity contribution in [2.45, 2.75) is 45.6 Å². The molecule has 0 fully saturated rings. The zero-order chi connectivity index (χ0) is 7.82. The number of aliphatic hydroxyl groups excluding tert-OH is 1. The van der Waals surface area contributed by atoms with Crippen LogP contribution in [0, 0.1) is 11.8 Å². The van der Waals surface area contributed by atoms with Crippen LogP contribution in [0.2, 0.25) is 0 Å². The first-order valence-corrected chi connectivity index (χ1v) is 3.95. The Labute approximate surface area is 63.5 Å². The van der Waals surface area contributed by atoms with E-state index in [9.17, 15) is 0 Å². The fourth-order valence-electron chi connectivity index (χ4n) is 0.548. The number of aliphatic hydroxyl groups is 1. The van der Waals surface area contributed by atoms with Gasteiger partial charge in [0.05, 0.1) is 6.10 Å². The summed E-state index contributed by atoms with van der Waals surface area (Å²) in [4.78, 5) is 0. The molecule has 0 aliphatic heterocycles. The molecule has 10 heavy (non-hydrogen) atoms. The average Bonchev–Trinajstić information content (AvgIpc) is 1.98. The van der Waals surface area contributed by atoms with Gasteiger partial charge < -0.3 is 5.11 Å². The predicted octanol–water partition coefficient (Wildman–Crippen LogP) is 1.95. The molecule has 1 atom stereocenters. The molecule has 58 valence electrons. The van der Waals surface area contributed by atoms with Crippen molar-refractivity contribution in [3.63, 3.8) is 0 Å². The van der Waals surface area contributed by atoms with Crippen molar-refractivity contribution in [2.24, 2.45) is 0 Å². The van der Waals surface area contributed by atoms with Crippen LogP contribution in [0.3, 0.4) is 0 Å². The van der Waals surface area contributed by atoms with Crippen molar-refractivity contribution in [3.05, 3.63) is 0 Å². The normalized spacial score (nSPS) is 11.9. The second kappa shape index (κ2) is 6.64. The molecule has 0 amide bonds. The molecule has 0 radical (unpaired) electrons. The Morgan fingerprint density at radius 1 is 1.30 bits per heavy atom. The van der Waals surface area contributed by atoms with E-state index in [1.807, 2.05) is 6.92 Å². The van der Waals surface area contributed by atoms with E-state index in [0.717, 1.165) is 19.3 Å². The van der Waals surface area contributed by atoms with Gasteiger partial charge in [-0.15, -0.1) is 11.8 Å². The van der Waals surface area contributed by atoms with E-state index in [1.54, 1.807) is 0 Å². The summed E-state index contributed by atoms with van der Waals surface area (Å²) < 4.78 is 0. The summed E-state index contributed by atoms with van der Waals surface area (Å²) >= 11 is 0. The third-order valence-corrected chi connectivity index (χ3v) is 1.31. The number of hydrogen-bond acceptors (Lipinski definition) is 1. The Hall–Kier alpha value is -0.480. The maximum absolute atomic E-state index is 9.05. The van der Waals surface area contributed by atoms with E-state index in [0.29, 0.717) is 6.42 Å². The van der Waals surface area contributed by atoms with Crippen molar-refractivity contribution in [3.8, 4) is 11.8 Å². The lowest BCUT2D eigenvalue weighted by molar-refractivity contribution is 0.176. The molecular weight excluding hydrogens is 124 g/mol. The molecule has 0 aromatic rings.